The average Bonchev–Trinajstić information content (AvgIpc) is 3.21. The first-order chi connectivity index (χ1) is 11.2. The molecular weight excluding hydrogens is 294 g/mol. The van der Waals surface area contributed by atoms with Gasteiger partial charge in [-0.3, -0.25) is 4.68 Å². The van der Waals surface area contributed by atoms with Gasteiger partial charge < -0.3 is 14.1 Å². The Morgan fingerprint density at radius 3 is 2.83 bits per heavy atom. The minimum Gasteiger partial charge on any atom is -0.415 e. The number of ether oxygens (including phenoxy) is 1. The summed E-state index contributed by atoms with van der Waals surface area (Å²) < 4.78 is 13.2. The number of aromatic nitrogens is 4. The van der Waals surface area contributed by atoms with Gasteiger partial charge >= 0.3 is 0 Å². The Bertz CT molecular complexity index is 813. The third kappa shape index (κ3) is 2.59. The minimum atomic E-state index is 0.428. The van der Waals surface area contributed by atoms with Gasteiger partial charge in [0.05, 0.1) is 25.5 Å². The van der Waals surface area contributed by atoms with Gasteiger partial charge in [0.25, 0.3) is 5.89 Å². The molecule has 1 aliphatic heterocycles. The van der Waals surface area contributed by atoms with E-state index in [0.717, 1.165) is 23.5 Å². The summed E-state index contributed by atoms with van der Waals surface area (Å²) in [6.07, 6.45) is 0. The second-order valence-electron chi connectivity index (χ2n) is 5.65. The smallest absolute Gasteiger partial charge is 0.268 e. The monoisotopic (exact) mass is 311 g/mol. The molecule has 0 saturated heterocycles. The van der Waals surface area contributed by atoms with Crippen molar-refractivity contribution in [2.45, 2.75) is 13.2 Å². The standard InChI is InChI=1S/C16H17N5O2/c1-20(2)12-5-3-4-11(8-12)15-17-18-16(23-15)14-9-13-10-22-7-6-21(13)19-14/h3-5,8-9H,6-7,10H2,1-2H3. The predicted molar refractivity (Wildman–Crippen MR) is 84.9 cm³/mol. The molecule has 118 valence electrons. The van der Waals surface area contributed by atoms with Crippen LogP contribution in [0.1, 0.15) is 5.69 Å². The van der Waals surface area contributed by atoms with Crippen LogP contribution in [-0.4, -0.2) is 40.7 Å². The first-order valence-electron chi connectivity index (χ1n) is 7.47. The maximum Gasteiger partial charge on any atom is 0.268 e. The molecular formula is C16H17N5O2. The Labute approximate surface area is 133 Å². The number of rotatable bonds is 3. The lowest BCUT2D eigenvalue weighted by Gasteiger charge is -2.12. The summed E-state index contributed by atoms with van der Waals surface area (Å²) in [4.78, 5) is 2.03. The summed E-state index contributed by atoms with van der Waals surface area (Å²) in [5.41, 5.74) is 3.69. The number of anilines is 1. The van der Waals surface area contributed by atoms with E-state index in [1.54, 1.807) is 0 Å². The maximum absolute atomic E-state index is 5.81. The SMILES string of the molecule is CN(C)c1cccc(-c2nnc(-c3cc4n(n3)CCOC4)o2)c1. The molecule has 3 aromatic rings. The molecule has 0 spiro atoms. The molecule has 0 unspecified atom stereocenters. The first-order valence-corrected chi connectivity index (χ1v) is 7.47. The van der Waals surface area contributed by atoms with Crippen LogP contribution < -0.4 is 4.90 Å². The molecule has 7 nitrogen and oxygen atoms in total. The number of benzene rings is 1. The van der Waals surface area contributed by atoms with Crippen molar-refractivity contribution in [1.82, 2.24) is 20.0 Å². The van der Waals surface area contributed by atoms with Gasteiger partial charge in [-0.05, 0) is 24.3 Å². The van der Waals surface area contributed by atoms with Crippen molar-refractivity contribution in [2.24, 2.45) is 0 Å². The van der Waals surface area contributed by atoms with Crippen LogP contribution in [0.4, 0.5) is 5.69 Å². The van der Waals surface area contributed by atoms with Gasteiger partial charge in [0.2, 0.25) is 5.89 Å². The first kappa shape index (κ1) is 14.0. The number of hydrogen-bond donors (Lipinski definition) is 0. The van der Waals surface area contributed by atoms with Crippen LogP contribution in [0.15, 0.2) is 34.7 Å². The van der Waals surface area contributed by atoms with E-state index in [4.69, 9.17) is 9.15 Å². The van der Waals surface area contributed by atoms with Crippen molar-refractivity contribution in [2.75, 3.05) is 25.6 Å². The van der Waals surface area contributed by atoms with Gasteiger partial charge in [0.15, 0.2) is 0 Å². The normalized spacial score (nSPS) is 13.8. The molecule has 0 amide bonds. The molecule has 0 saturated carbocycles. The number of nitrogens with zero attached hydrogens (tertiary/aromatic N) is 5. The van der Waals surface area contributed by atoms with Crippen LogP contribution in [0.2, 0.25) is 0 Å². The highest BCUT2D eigenvalue weighted by atomic mass is 16.5. The topological polar surface area (TPSA) is 69.2 Å². The van der Waals surface area contributed by atoms with E-state index in [1.807, 2.05) is 54.0 Å². The zero-order valence-electron chi connectivity index (χ0n) is 13.1. The van der Waals surface area contributed by atoms with Crippen molar-refractivity contribution < 1.29 is 9.15 Å². The van der Waals surface area contributed by atoms with Gasteiger partial charge in [-0.15, -0.1) is 10.2 Å². The van der Waals surface area contributed by atoms with Crippen LogP contribution >= 0.6 is 0 Å². The summed E-state index contributed by atoms with van der Waals surface area (Å²) in [6, 6.07) is 9.91. The molecule has 23 heavy (non-hydrogen) atoms. The van der Waals surface area contributed by atoms with Crippen LogP contribution in [0.25, 0.3) is 23.0 Å². The fraction of sp³-hybridized carbons (Fsp3) is 0.312. The van der Waals surface area contributed by atoms with Crippen LogP contribution in [-0.2, 0) is 17.9 Å². The second-order valence-corrected chi connectivity index (χ2v) is 5.65. The summed E-state index contributed by atoms with van der Waals surface area (Å²) in [5, 5.41) is 12.8. The largest absolute Gasteiger partial charge is 0.415 e. The van der Waals surface area contributed by atoms with Gasteiger partial charge in [-0.25, -0.2) is 0 Å². The lowest BCUT2D eigenvalue weighted by atomic mass is 10.2. The Morgan fingerprint density at radius 2 is 2.00 bits per heavy atom. The molecule has 2 aromatic heterocycles. The molecule has 1 aliphatic rings. The Morgan fingerprint density at radius 1 is 1.13 bits per heavy atom. The Balaban J connectivity index is 1.66. The van der Waals surface area contributed by atoms with E-state index in [2.05, 4.69) is 15.3 Å². The lowest BCUT2D eigenvalue weighted by molar-refractivity contribution is 0.0801. The molecule has 4 rings (SSSR count). The van der Waals surface area contributed by atoms with E-state index < -0.39 is 0 Å². The zero-order valence-corrected chi connectivity index (χ0v) is 13.1. The minimum absolute atomic E-state index is 0.428. The maximum atomic E-state index is 5.81. The molecule has 0 N–H and O–H groups in total. The molecule has 0 bridgehead atoms. The Kier molecular flexibility index (Phi) is 3.34. The molecule has 0 aliphatic carbocycles. The fourth-order valence-electron chi connectivity index (χ4n) is 2.56. The van der Waals surface area contributed by atoms with E-state index in [1.165, 1.54) is 0 Å². The summed E-state index contributed by atoms with van der Waals surface area (Å²) in [5.74, 6) is 0.920. The highest BCUT2D eigenvalue weighted by Gasteiger charge is 2.18. The number of hydrogen-bond acceptors (Lipinski definition) is 6. The van der Waals surface area contributed by atoms with Crippen molar-refractivity contribution in [3.05, 3.63) is 36.0 Å². The van der Waals surface area contributed by atoms with Crippen LogP contribution in [0, 0.1) is 0 Å². The van der Waals surface area contributed by atoms with E-state index in [9.17, 15) is 0 Å². The van der Waals surface area contributed by atoms with Crippen LogP contribution in [0.3, 0.4) is 0 Å². The lowest BCUT2D eigenvalue weighted by Crippen LogP contribution is -2.16. The van der Waals surface area contributed by atoms with Crippen molar-refractivity contribution in [3.63, 3.8) is 0 Å². The van der Waals surface area contributed by atoms with Crippen molar-refractivity contribution in [3.8, 4) is 23.0 Å². The van der Waals surface area contributed by atoms with E-state index >= 15 is 0 Å². The third-order valence-electron chi connectivity index (χ3n) is 3.81. The summed E-state index contributed by atoms with van der Waals surface area (Å²) in [7, 11) is 3.99. The molecule has 3 heterocycles. The zero-order chi connectivity index (χ0) is 15.8. The average molecular weight is 311 g/mol. The van der Waals surface area contributed by atoms with E-state index in [0.29, 0.717) is 30.7 Å². The summed E-state index contributed by atoms with van der Waals surface area (Å²) >= 11 is 0. The molecule has 0 atom stereocenters. The van der Waals surface area contributed by atoms with Crippen molar-refractivity contribution >= 4 is 5.69 Å². The van der Waals surface area contributed by atoms with Crippen molar-refractivity contribution in [1.29, 1.82) is 0 Å². The van der Waals surface area contributed by atoms with Gasteiger partial charge in [0.1, 0.15) is 5.69 Å². The quantitative estimate of drug-likeness (QED) is 0.738. The van der Waals surface area contributed by atoms with Gasteiger partial charge in [0, 0.05) is 25.3 Å². The van der Waals surface area contributed by atoms with Crippen LogP contribution in [0.5, 0.6) is 0 Å². The second kappa shape index (κ2) is 5.51. The predicted octanol–water partition coefficient (Wildman–Crippen LogP) is 2.20. The third-order valence-corrected chi connectivity index (χ3v) is 3.81. The summed E-state index contributed by atoms with van der Waals surface area (Å²) in [6.45, 7) is 2.00. The highest BCUT2D eigenvalue weighted by molar-refractivity contribution is 5.62. The van der Waals surface area contributed by atoms with Gasteiger partial charge in [-0.2, -0.15) is 5.10 Å². The Hall–Kier alpha value is -2.67. The molecule has 7 heteroatoms. The molecule has 0 fully saturated rings. The van der Waals surface area contributed by atoms with E-state index in [-0.39, 0.29) is 0 Å². The highest BCUT2D eigenvalue weighted by Crippen LogP contribution is 2.26. The molecule has 1 aromatic carbocycles. The van der Waals surface area contributed by atoms with Gasteiger partial charge in [-0.1, -0.05) is 6.07 Å². The molecule has 0 radical (unpaired) electrons. The fourth-order valence-corrected chi connectivity index (χ4v) is 2.56. The number of fused-ring (bicyclic) bond motifs is 1.